The Hall–Kier alpha value is -2.35. The summed E-state index contributed by atoms with van der Waals surface area (Å²) >= 11 is 0. The molecule has 2 heterocycles. The molecule has 0 saturated carbocycles. The summed E-state index contributed by atoms with van der Waals surface area (Å²) in [5.74, 6) is 0.233. The van der Waals surface area contributed by atoms with Gasteiger partial charge < -0.3 is 25.0 Å². The van der Waals surface area contributed by atoms with Gasteiger partial charge in [0.05, 0.1) is 19.0 Å². The predicted octanol–water partition coefficient (Wildman–Crippen LogP) is 0.197. The Kier molecular flexibility index (Phi) is 4.59. The van der Waals surface area contributed by atoms with Crippen molar-refractivity contribution in [1.29, 1.82) is 10.8 Å². The van der Waals surface area contributed by atoms with Crippen LogP contribution in [0.25, 0.3) is 0 Å². The minimum atomic E-state index is -0.197. The molecule has 0 radical (unpaired) electrons. The number of ether oxygens (including phenoxy) is 2. The topological polar surface area (TPSA) is 112 Å². The van der Waals surface area contributed by atoms with Crippen LogP contribution in [0.3, 0.4) is 0 Å². The van der Waals surface area contributed by atoms with Gasteiger partial charge in [0, 0.05) is 32.2 Å². The number of hydrogen-bond donors (Lipinski definition) is 3. The van der Waals surface area contributed by atoms with Gasteiger partial charge in [-0.2, -0.15) is 0 Å². The fraction of sp³-hybridized carbons (Fsp3) is 0.462. The number of nitrogens with zero attached hydrogens (tertiary/aromatic N) is 3. The third-order valence-corrected chi connectivity index (χ3v) is 3.34. The number of pyridine rings is 1. The van der Waals surface area contributed by atoms with E-state index in [2.05, 4.69) is 9.88 Å². The fourth-order valence-corrected chi connectivity index (χ4v) is 1.97. The SMILES string of the molecule is COc1cc(C(=N)OC(=N)N2CCN(C)CC2)ncc1N. The first-order chi connectivity index (χ1) is 10.0. The summed E-state index contributed by atoms with van der Waals surface area (Å²) in [6.07, 6.45) is 1.41. The second-order valence-corrected chi connectivity index (χ2v) is 4.84. The van der Waals surface area contributed by atoms with Crippen molar-refractivity contribution in [2.45, 2.75) is 0 Å². The molecule has 2 rings (SSSR count). The van der Waals surface area contributed by atoms with E-state index in [1.807, 2.05) is 7.05 Å². The minimum absolute atomic E-state index is 0.0364. The van der Waals surface area contributed by atoms with E-state index in [9.17, 15) is 0 Å². The number of amidine groups is 1. The van der Waals surface area contributed by atoms with Gasteiger partial charge in [0.25, 0.3) is 6.02 Å². The van der Waals surface area contributed by atoms with E-state index < -0.39 is 0 Å². The zero-order valence-corrected chi connectivity index (χ0v) is 12.2. The predicted molar refractivity (Wildman–Crippen MR) is 79.9 cm³/mol. The highest BCUT2D eigenvalue weighted by Crippen LogP contribution is 2.20. The van der Waals surface area contributed by atoms with Crippen LogP contribution in [0.5, 0.6) is 5.75 Å². The van der Waals surface area contributed by atoms with Crippen LogP contribution in [0.2, 0.25) is 0 Å². The molecule has 0 unspecified atom stereocenters. The minimum Gasteiger partial charge on any atom is -0.494 e. The lowest BCUT2D eigenvalue weighted by atomic mass is 10.3. The highest BCUT2D eigenvalue weighted by atomic mass is 16.5. The summed E-state index contributed by atoms with van der Waals surface area (Å²) in [5, 5.41) is 15.8. The normalized spacial score (nSPS) is 15.6. The molecule has 8 nitrogen and oxygen atoms in total. The van der Waals surface area contributed by atoms with Gasteiger partial charge >= 0.3 is 0 Å². The molecule has 114 valence electrons. The molecule has 21 heavy (non-hydrogen) atoms. The van der Waals surface area contributed by atoms with Gasteiger partial charge in [-0.25, -0.2) is 4.98 Å². The lowest BCUT2D eigenvalue weighted by Gasteiger charge is -2.33. The Morgan fingerprint density at radius 1 is 1.29 bits per heavy atom. The monoisotopic (exact) mass is 292 g/mol. The Morgan fingerprint density at radius 3 is 2.57 bits per heavy atom. The van der Waals surface area contributed by atoms with Crippen molar-refractivity contribution >= 4 is 17.6 Å². The Labute approximate surface area is 123 Å². The summed E-state index contributed by atoms with van der Waals surface area (Å²) in [5.41, 5.74) is 6.35. The molecule has 0 aliphatic carbocycles. The number of aromatic nitrogens is 1. The van der Waals surface area contributed by atoms with Crippen molar-refractivity contribution in [3.05, 3.63) is 18.0 Å². The molecule has 1 aromatic heterocycles. The average Bonchev–Trinajstić information content (AvgIpc) is 2.48. The van der Waals surface area contributed by atoms with Gasteiger partial charge in [-0.3, -0.25) is 10.8 Å². The zero-order chi connectivity index (χ0) is 15.4. The van der Waals surface area contributed by atoms with Crippen LogP contribution in [0.1, 0.15) is 5.69 Å². The quantitative estimate of drug-likeness (QED) is 0.530. The number of rotatable bonds is 2. The second-order valence-electron chi connectivity index (χ2n) is 4.84. The Morgan fingerprint density at radius 2 is 1.95 bits per heavy atom. The highest BCUT2D eigenvalue weighted by molar-refractivity contribution is 5.97. The first kappa shape index (κ1) is 15.0. The van der Waals surface area contributed by atoms with Crippen molar-refractivity contribution in [3.8, 4) is 5.75 Å². The molecule has 0 bridgehead atoms. The summed E-state index contributed by atoms with van der Waals surface area (Å²) in [4.78, 5) is 8.00. The molecule has 8 heteroatoms. The van der Waals surface area contributed by atoms with Crippen LogP contribution in [0.15, 0.2) is 12.3 Å². The van der Waals surface area contributed by atoms with E-state index in [0.717, 1.165) is 13.1 Å². The van der Waals surface area contributed by atoms with Crippen molar-refractivity contribution < 1.29 is 9.47 Å². The molecular formula is C13H20N6O2. The maximum absolute atomic E-state index is 7.93. The van der Waals surface area contributed by atoms with Crippen LogP contribution in [0, 0.1) is 10.8 Å². The molecule has 0 amide bonds. The van der Waals surface area contributed by atoms with E-state index >= 15 is 0 Å². The molecule has 1 fully saturated rings. The molecule has 1 aliphatic rings. The first-order valence-electron chi connectivity index (χ1n) is 6.59. The van der Waals surface area contributed by atoms with Gasteiger partial charge in [0.2, 0.25) is 5.90 Å². The molecular weight excluding hydrogens is 272 g/mol. The molecule has 1 aromatic rings. The van der Waals surface area contributed by atoms with Crippen molar-refractivity contribution in [2.75, 3.05) is 46.1 Å². The van der Waals surface area contributed by atoms with Crippen LogP contribution in [0.4, 0.5) is 5.69 Å². The van der Waals surface area contributed by atoms with Gasteiger partial charge in [-0.15, -0.1) is 0 Å². The van der Waals surface area contributed by atoms with E-state index in [-0.39, 0.29) is 17.6 Å². The number of hydrogen-bond acceptors (Lipinski definition) is 7. The lowest BCUT2D eigenvalue weighted by Crippen LogP contribution is -2.48. The second kappa shape index (κ2) is 6.40. The van der Waals surface area contributed by atoms with E-state index in [1.54, 1.807) is 4.90 Å². The Balaban J connectivity index is 1.99. The maximum Gasteiger partial charge on any atom is 0.291 e. The van der Waals surface area contributed by atoms with Crippen LogP contribution in [-0.2, 0) is 4.74 Å². The first-order valence-corrected chi connectivity index (χ1v) is 6.59. The van der Waals surface area contributed by atoms with Crippen molar-refractivity contribution in [3.63, 3.8) is 0 Å². The smallest absolute Gasteiger partial charge is 0.291 e. The summed E-state index contributed by atoms with van der Waals surface area (Å²) in [6.45, 7) is 3.15. The maximum atomic E-state index is 7.93. The lowest BCUT2D eigenvalue weighted by molar-refractivity contribution is 0.193. The molecule has 1 saturated heterocycles. The van der Waals surface area contributed by atoms with Crippen LogP contribution >= 0.6 is 0 Å². The summed E-state index contributed by atoms with van der Waals surface area (Å²) in [7, 11) is 3.53. The zero-order valence-electron chi connectivity index (χ0n) is 12.2. The van der Waals surface area contributed by atoms with E-state index in [0.29, 0.717) is 24.5 Å². The number of methoxy groups -OCH3 is 1. The number of nitrogens with one attached hydrogen (secondary N) is 2. The number of anilines is 1. The Bertz CT molecular complexity index is 539. The van der Waals surface area contributed by atoms with Crippen LogP contribution < -0.4 is 10.5 Å². The third-order valence-electron chi connectivity index (χ3n) is 3.34. The average molecular weight is 292 g/mol. The largest absolute Gasteiger partial charge is 0.494 e. The van der Waals surface area contributed by atoms with Crippen molar-refractivity contribution in [2.24, 2.45) is 0 Å². The third kappa shape index (κ3) is 3.60. The number of likely N-dealkylation sites (N-methyl/N-ethyl adjacent to an activating group) is 1. The number of nitrogens with two attached hydrogens (primary N) is 1. The molecule has 4 N–H and O–H groups in total. The molecule has 0 aromatic carbocycles. The van der Waals surface area contributed by atoms with Gasteiger partial charge in [-0.05, 0) is 7.05 Å². The standard InChI is InChI=1S/C13H20N6O2/c1-18-3-5-19(6-4-18)13(16)21-12(15)10-7-11(20-2)9(14)8-17-10/h7-8,15-16H,3-6,14H2,1-2H3. The van der Waals surface area contributed by atoms with E-state index in [4.69, 9.17) is 26.0 Å². The molecule has 0 atom stereocenters. The van der Waals surface area contributed by atoms with Gasteiger partial charge in [-0.1, -0.05) is 0 Å². The highest BCUT2D eigenvalue weighted by Gasteiger charge is 2.20. The number of piperazine rings is 1. The summed E-state index contributed by atoms with van der Waals surface area (Å²) in [6, 6.07) is 1.49. The number of nitrogen functional groups attached to an aromatic ring is 1. The molecule has 0 spiro atoms. The molecule has 1 aliphatic heterocycles. The van der Waals surface area contributed by atoms with Crippen LogP contribution in [-0.4, -0.2) is 67.0 Å². The summed E-state index contributed by atoms with van der Waals surface area (Å²) < 4.78 is 10.3. The van der Waals surface area contributed by atoms with Gasteiger partial charge in [0.15, 0.2) is 0 Å². The van der Waals surface area contributed by atoms with Crippen molar-refractivity contribution in [1.82, 2.24) is 14.8 Å². The van der Waals surface area contributed by atoms with Gasteiger partial charge in [0.1, 0.15) is 11.4 Å². The fourth-order valence-electron chi connectivity index (χ4n) is 1.97. The van der Waals surface area contributed by atoms with E-state index in [1.165, 1.54) is 19.4 Å².